The van der Waals surface area contributed by atoms with Crippen molar-refractivity contribution in [2.24, 2.45) is 0 Å². The van der Waals surface area contributed by atoms with E-state index in [9.17, 15) is 10.1 Å². The first-order valence-corrected chi connectivity index (χ1v) is 7.75. The van der Waals surface area contributed by atoms with Gasteiger partial charge in [0, 0.05) is 32.9 Å². The lowest BCUT2D eigenvalue weighted by molar-refractivity contribution is -0.484. The molecule has 0 bridgehead atoms. The van der Waals surface area contributed by atoms with Crippen molar-refractivity contribution in [2.75, 3.05) is 12.4 Å². The van der Waals surface area contributed by atoms with Gasteiger partial charge in [-0.25, -0.2) is 0 Å². The number of fused-ring (bicyclic) bond motifs is 2. The van der Waals surface area contributed by atoms with E-state index in [1.165, 1.54) is 0 Å². The van der Waals surface area contributed by atoms with Gasteiger partial charge in [0.15, 0.2) is 0 Å². The van der Waals surface area contributed by atoms with Crippen molar-refractivity contribution in [2.45, 2.75) is 11.8 Å². The molecule has 4 nitrogen and oxygen atoms in total. The SMILES string of the molecule is O=[N+]([O-])C[C@H]1c2ccccc2Oc2ccc(Cl)cc2[C@@H]1CCl. The van der Waals surface area contributed by atoms with E-state index in [4.69, 9.17) is 27.9 Å². The first kappa shape index (κ1) is 15.1. The van der Waals surface area contributed by atoms with E-state index in [2.05, 4.69) is 0 Å². The summed E-state index contributed by atoms with van der Waals surface area (Å²) in [5.74, 6) is 0.940. The van der Waals surface area contributed by atoms with Gasteiger partial charge >= 0.3 is 0 Å². The topological polar surface area (TPSA) is 52.4 Å². The maximum absolute atomic E-state index is 11.1. The quantitative estimate of drug-likeness (QED) is 0.458. The lowest BCUT2D eigenvalue weighted by atomic mass is 9.82. The van der Waals surface area contributed by atoms with Gasteiger partial charge in [-0.3, -0.25) is 10.1 Å². The van der Waals surface area contributed by atoms with Crippen LogP contribution in [0.15, 0.2) is 42.5 Å². The zero-order valence-corrected chi connectivity index (χ0v) is 13.1. The van der Waals surface area contributed by atoms with E-state index in [1.807, 2.05) is 24.3 Å². The first-order chi connectivity index (χ1) is 10.6. The molecule has 6 heteroatoms. The van der Waals surface area contributed by atoms with Crippen molar-refractivity contribution in [3.05, 3.63) is 68.7 Å². The molecule has 0 aliphatic carbocycles. The van der Waals surface area contributed by atoms with Crippen LogP contribution in [0.4, 0.5) is 0 Å². The maximum Gasteiger partial charge on any atom is 0.211 e. The molecule has 0 amide bonds. The highest BCUT2D eigenvalue weighted by molar-refractivity contribution is 6.30. The van der Waals surface area contributed by atoms with Gasteiger partial charge in [0.05, 0.1) is 5.92 Å². The van der Waals surface area contributed by atoms with Gasteiger partial charge in [-0.1, -0.05) is 29.8 Å². The number of rotatable bonds is 3. The monoisotopic (exact) mass is 337 g/mol. The minimum Gasteiger partial charge on any atom is -0.457 e. The Balaban J connectivity index is 2.20. The van der Waals surface area contributed by atoms with Crippen LogP contribution < -0.4 is 4.74 Å². The number of hydrogen-bond donors (Lipinski definition) is 0. The molecule has 0 unspecified atom stereocenters. The molecule has 2 aromatic rings. The second kappa shape index (κ2) is 6.15. The Morgan fingerprint density at radius 1 is 1.09 bits per heavy atom. The molecular weight excluding hydrogens is 325 g/mol. The summed E-state index contributed by atoms with van der Waals surface area (Å²) in [6.07, 6.45) is 0. The van der Waals surface area contributed by atoms with E-state index in [-0.39, 0.29) is 29.2 Å². The smallest absolute Gasteiger partial charge is 0.211 e. The van der Waals surface area contributed by atoms with Crippen LogP contribution in [0.3, 0.4) is 0 Å². The molecule has 0 saturated heterocycles. The van der Waals surface area contributed by atoms with Gasteiger partial charge in [-0.2, -0.15) is 0 Å². The lowest BCUT2D eigenvalue weighted by Crippen LogP contribution is -2.20. The minimum atomic E-state index is -0.358. The van der Waals surface area contributed by atoms with Crippen molar-refractivity contribution < 1.29 is 9.66 Å². The van der Waals surface area contributed by atoms with Gasteiger partial charge in [0.1, 0.15) is 11.5 Å². The average molecular weight is 338 g/mol. The molecule has 2 aromatic carbocycles. The highest BCUT2D eigenvalue weighted by Crippen LogP contribution is 2.47. The highest BCUT2D eigenvalue weighted by Gasteiger charge is 2.35. The molecule has 1 aliphatic heterocycles. The largest absolute Gasteiger partial charge is 0.457 e. The van der Waals surface area contributed by atoms with Crippen LogP contribution in [-0.4, -0.2) is 17.3 Å². The summed E-state index contributed by atoms with van der Waals surface area (Å²) in [7, 11) is 0. The summed E-state index contributed by atoms with van der Waals surface area (Å²) >= 11 is 12.2. The minimum absolute atomic E-state index is 0.205. The molecule has 0 fully saturated rings. The fourth-order valence-corrected chi connectivity index (χ4v) is 3.47. The fraction of sp³-hybridized carbons (Fsp3) is 0.250. The van der Waals surface area contributed by atoms with E-state index < -0.39 is 0 Å². The number of para-hydroxylation sites is 1. The van der Waals surface area contributed by atoms with Crippen molar-refractivity contribution in [3.8, 4) is 11.5 Å². The molecule has 0 N–H and O–H groups in total. The number of nitro groups is 1. The fourth-order valence-electron chi connectivity index (χ4n) is 2.91. The van der Waals surface area contributed by atoms with Crippen molar-refractivity contribution in [3.63, 3.8) is 0 Å². The molecular formula is C16H13Cl2NO3. The molecule has 2 atom stereocenters. The maximum atomic E-state index is 11.1. The molecule has 3 rings (SSSR count). The van der Waals surface area contributed by atoms with Gasteiger partial charge < -0.3 is 4.74 Å². The average Bonchev–Trinajstić information content (AvgIpc) is 2.61. The molecule has 0 spiro atoms. The van der Waals surface area contributed by atoms with Crippen molar-refractivity contribution in [1.29, 1.82) is 0 Å². The van der Waals surface area contributed by atoms with Crippen LogP contribution >= 0.6 is 23.2 Å². The molecule has 1 heterocycles. The molecule has 0 aromatic heterocycles. The molecule has 0 saturated carbocycles. The molecule has 22 heavy (non-hydrogen) atoms. The molecule has 0 radical (unpaired) electrons. The van der Waals surface area contributed by atoms with Crippen LogP contribution in [0.25, 0.3) is 0 Å². The van der Waals surface area contributed by atoms with Gasteiger partial charge in [0.25, 0.3) is 0 Å². The predicted octanol–water partition coefficient (Wildman–Crippen LogP) is 4.83. The third kappa shape index (κ3) is 2.76. The van der Waals surface area contributed by atoms with Crippen LogP contribution in [0.2, 0.25) is 5.02 Å². The van der Waals surface area contributed by atoms with E-state index in [0.29, 0.717) is 16.5 Å². The molecule has 1 aliphatic rings. The third-order valence-electron chi connectivity index (χ3n) is 3.91. The Labute approximate surface area is 137 Å². The molecule has 114 valence electrons. The second-order valence-corrected chi connectivity index (χ2v) is 5.95. The summed E-state index contributed by atoms with van der Waals surface area (Å²) in [5, 5.41) is 11.7. The summed E-state index contributed by atoms with van der Waals surface area (Å²) in [6, 6.07) is 12.7. The van der Waals surface area contributed by atoms with Crippen LogP contribution in [-0.2, 0) is 0 Å². The van der Waals surface area contributed by atoms with E-state index in [0.717, 1.165) is 11.1 Å². The van der Waals surface area contributed by atoms with Crippen LogP contribution in [0.5, 0.6) is 11.5 Å². The Morgan fingerprint density at radius 3 is 2.55 bits per heavy atom. The second-order valence-electron chi connectivity index (χ2n) is 5.20. The van der Waals surface area contributed by atoms with E-state index in [1.54, 1.807) is 18.2 Å². The Hall–Kier alpha value is -1.78. The Morgan fingerprint density at radius 2 is 1.82 bits per heavy atom. The number of benzene rings is 2. The highest BCUT2D eigenvalue weighted by atomic mass is 35.5. The zero-order chi connectivity index (χ0) is 15.7. The summed E-state index contributed by atoms with van der Waals surface area (Å²) in [6.45, 7) is -0.205. The van der Waals surface area contributed by atoms with E-state index >= 15 is 0 Å². The first-order valence-electron chi connectivity index (χ1n) is 6.84. The summed E-state index contributed by atoms with van der Waals surface area (Å²) in [4.78, 5) is 10.8. The van der Waals surface area contributed by atoms with Crippen LogP contribution in [0, 0.1) is 10.1 Å². The normalized spacial score (nSPS) is 19.5. The zero-order valence-electron chi connectivity index (χ0n) is 11.5. The predicted molar refractivity (Wildman–Crippen MR) is 86.0 cm³/mol. The number of nitrogens with zero attached hydrogens (tertiary/aromatic N) is 1. The number of halogens is 2. The summed E-state index contributed by atoms with van der Waals surface area (Å²) < 4.78 is 5.96. The summed E-state index contributed by atoms with van der Waals surface area (Å²) in [5.41, 5.74) is 1.61. The van der Waals surface area contributed by atoms with Gasteiger partial charge in [0.2, 0.25) is 6.54 Å². The lowest BCUT2D eigenvalue weighted by Gasteiger charge is -2.21. The standard InChI is InChI=1S/C16H13Cl2NO3/c17-8-13-12-7-10(18)5-6-16(12)22-15-4-2-1-3-11(15)14(13)9-19(20)21/h1-7,13-14H,8-9H2/t13-,14-/m0/s1. The Kier molecular flexibility index (Phi) is 4.23. The Bertz CT molecular complexity index is 720. The number of alkyl halides is 1. The third-order valence-corrected chi connectivity index (χ3v) is 4.47. The van der Waals surface area contributed by atoms with Crippen molar-refractivity contribution >= 4 is 23.2 Å². The van der Waals surface area contributed by atoms with Crippen LogP contribution in [0.1, 0.15) is 23.0 Å². The van der Waals surface area contributed by atoms with Crippen molar-refractivity contribution in [1.82, 2.24) is 0 Å². The number of hydrogen-bond acceptors (Lipinski definition) is 3. The number of ether oxygens (including phenoxy) is 1. The van der Waals surface area contributed by atoms with Gasteiger partial charge in [-0.05, 0) is 24.3 Å². The van der Waals surface area contributed by atoms with Gasteiger partial charge in [-0.15, -0.1) is 11.6 Å².